The van der Waals surface area contributed by atoms with Crippen LogP contribution in [0.3, 0.4) is 0 Å². The molecule has 2 unspecified atom stereocenters. The third kappa shape index (κ3) is 2.64. The molecule has 1 saturated heterocycles. The second-order valence-electron chi connectivity index (χ2n) is 4.31. The first-order valence-corrected chi connectivity index (χ1v) is 6.87. The topological polar surface area (TPSA) is 62.7 Å². The van der Waals surface area contributed by atoms with E-state index in [1.165, 1.54) is 18.5 Å². The van der Waals surface area contributed by atoms with Gasteiger partial charge in [-0.2, -0.15) is 0 Å². The molecule has 0 aromatic carbocycles. The van der Waals surface area contributed by atoms with Crippen molar-refractivity contribution in [3.8, 4) is 5.75 Å². The fourth-order valence-electron chi connectivity index (χ4n) is 1.92. The SMILES string of the molecule is CC1COC(CBr)CN1C(=O)c1ccncc1O. The van der Waals surface area contributed by atoms with Crippen LogP contribution in [0.5, 0.6) is 5.75 Å². The van der Waals surface area contributed by atoms with Crippen LogP contribution in [0.2, 0.25) is 0 Å². The monoisotopic (exact) mass is 314 g/mol. The molecule has 1 amide bonds. The van der Waals surface area contributed by atoms with Gasteiger partial charge < -0.3 is 14.7 Å². The summed E-state index contributed by atoms with van der Waals surface area (Å²) in [6.07, 6.45) is 2.77. The first kappa shape index (κ1) is 13.3. The summed E-state index contributed by atoms with van der Waals surface area (Å²) in [5.41, 5.74) is 0.284. The highest BCUT2D eigenvalue weighted by Gasteiger charge is 2.30. The number of nitrogens with zero attached hydrogens (tertiary/aromatic N) is 2. The molecule has 1 aliphatic rings. The van der Waals surface area contributed by atoms with Crippen molar-refractivity contribution in [2.75, 3.05) is 18.5 Å². The van der Waals surface area contributed by atoms with Crippen LogP contribution in [0, 0.1) is 0 Å². The lowest BCUT2D eigenvalue weighted by molar-refractivity contribution is -0.0362. The van der Waals surface area contributed by atoms with Gasteiger partial charge in [-0.1, -0.05) is 15.9 Å². The maximum absolute atomic E-state index is 12.4. The summed E-state index contributed by atoms with van der Waals surface area (Å²) < 4.78 is 5.57. The molecule has 1 fully saturated rings. The molecule has 0 bridgehead atoms. The van der Waals surface area contributed by atoms with Crippen molar-refractivity contribution >= 4 is 21.8 Å². The predicted octanol–water partition coefficient (Wildman–Crippen LogP) is 1.41. The molecule has 0 radical (unpaired) electrons. The zero-order valence-electron chi connectivity index (χ0n) is 10.0. The van der Waals surface area contributed by atoms with Crippen molar-refractivity contribution in [1.82, 2.24) is 9.88 Å². The average Bonchev–Trinajstić information content (AvgIpc) is 2.39. The van der Waals surface area contributed by atoms with E-state index in [0.29, 0.717) is 18.5 Å². The quantitative estimate of drug-likeness (QED) is 0.838. The van der Waals surface area contributed by atoms with Gasteiger partial charge in [0.1, 0.15) is 5.75 Å². The lowest BCUT2D eigenvalue weighted by Crippen LogP contribution is -2.51. The number of rotatable bonds is 2. The number of ether oxygens (including phenoxy) is 1. The van der Waals surface area contributed by atoms with E-state index in [1.807, 2.05) is 6.92 Å². The Morgan fingerprint density at radius 2 is 2.50 bits per heavy atom. The summed E-state index contributed by atoms with van der Waals surface area (Å²) in [6.45, 7) is 2.96. The highest BCUT2D eigenvalue weighted by Crippen LogP contribution is 2.21. The van der Waals surface area contributed by atoms with Crippen LogP contribution in [-0.4, -0.2) is 51.5 Å². The molecular formula is C12H15BrN2O3. The number of halogens is 1. The van der Waals surface area contributed by atoms with Gasteiger partial charge in [-0.3, -0.25) is 9.78 Å². The van der Waals surface area contributed by atoms with E-state index < -0.39 is 0 Å². The molecule has 0 aliphatic carbocycles. The molecule has 0 spiro atoms. The van der Waals surface area contributed by atoms with Crippen LogP contribution >= 0.6 is 15.9 Å². The van der Waals surface area contributed by atoms with E-state index >= 15 is 0 Å². The number of hydrogen-bond acceptors (Lipinski definition) is 4. The number of alkyl halides is 1. The number of aromatic nitrogens is 1. The van der Waals surface area contributed by atoms with Crippen molar-refractivity contribution in [2.24, 2.45) is 0 Å². The van der Waals surface area contributed by atoms with E-state index in [-0.39, 0.29) is 29.4 Å². The molecule has 0 saturated carbocycles. The minimum absolute atomic E-state index is 0.000338. The molecule has 2 rings (SSSR count). The van der Waals surface area contributed by atoms with Gasteiger partial charge in [-0.15, -0.1) is 0 Å². The number of pyridine rings is 1. The molecule has 1 aromatic heterocycles. The zero-order chi connectivity index (χ0) is 13.1. The van der Waals surface area contributed by atoms with Crippen LogP contribution in [0.4, 0.5) is 0 Å². The van der Waals surface area contributed by atoms with Gasteiger partial charge in [0.15, 0.2) is 0 Å². The van der Waals surface area contributed by atoms with E-state index in [4.69, 9.17) is 4.74 Å². The number of hydrogen-bond donors (Lipinski definition) is 1. The van der Waals surface area contributed by atoms with Crippen LogP contribution in [-0.2, 0) is 4.74 Å². The maximum atomic E-state index is 12.4. The van der Waals surface area contributed by atoms with E-state index in [0.717, 1.165) is 0 Å². The minimum Gasteiger partial charge on any atom is -0.505 e. The van der Waals surface area contributed by atoms with Gasteiger partial charge in [0, 0.05) is 18.1 Å². The normalized spacial score (nSPS) is 24.0. The summed E-state index contributed by atoms with van der Waals surface area (Å²) in [6, 6.07) is 1.53. The van der Waals surface area contributed by atoms with Crippen LogP contribution in [0.1, 0.15) is 17.3 Å². The first-order valence-electron chi connectivity index (χ1n) is 5.75. The minimum atomic E-state index is -0.184. The van der Waals surface area contributed by atoms with Crippen LogP contribution in [0.15, 0.2) is 18.5 Å². The Balaban J connectivity index is 2.19. The smallest absolute Gasteiger partial charge is 0.258 e. The third-order valence-corrected chi connectivity index (χ3v) is 3.69. The van der Waals surface area contributed by atoms with Gasteiger partial charge >= 0.3 is 0 Å². The summed E-state index contributed by atoms with van der Waals surface area (Å²) >= 11 is 3.36. The van der Waals surface area contributed by atoms with Crippen molar-refractivity contribution < 1.29 is 14.6 Å². The molecule has 1 aliphatic heterocycles. The van der Waals surface area contributed by atoms with Crippen molar-refractivity contribution in [3.63, 3.8) is 0 Å². The standard InChI is InChI=1S/C12H15BrN2O3/c1-8-7-18-9(4-13)6-15(8)12(17)10-2-3-14-5-11(10)16/h2-3,5,8-9,16H,4,6-7H2,1H3. The number of amides is 1. The Kier molecular flexibility index (Phi) is 4.19. The Hall–Kier alpha value is -1.14. The van der Waals surface area contributed by atoms with E-state index in [2.05, 4.69) is 20.9 Å². The Morgan fingerprint density at radius 3 is 3.17 bits per heavy atom. The summed E-state index contributed by atoms with van der Waals surface area (Å²) in [4.78, 5) is 17.9. The largest absolute Gasteiger partial charge is 0.505 e. The first-order chi connectivity index (χ1) is 8.63. The summed E-state index contributed by atoms with van der Waals surface area (Å²) in [5.74, 6) is -0.270. The fraction of sp³-hybridized carbons (Fsp3) is 0.500. The van der Waals surface area contributed by atoms with Gasteiger partial charge in [0.2, 0.25) is 0 Å². The Bertz CT molecular complexity index is 441. The second kappa shape index (κ2) is 5.67. The molecular weight excluding hydrogens is 300 g/mol. The zero-order valence-corrected chi connectivity index (χ0v) is 11.6. The molecule has 98 valence electrons. The van der Waals surface area contributed by atoms with Crippen molar-refractivity contribution in [2.45, 2.75) is 19.1 Å². The maximum Gasteiger partial charge on any atom is 0.258 e. The van der Waals surface area contributed by atoms with E-state index in [9.17, 15) is 9.90 Å². The number of carbonyl (C=O) groups is 1. The molecule has 5 nitrogen and oxygen atoms in total. The second-order valence-corrected chi connectivity index (χ2v) is 4.96. The van der Waals surface area contributed by atoms with Gasteiger partial charge in [0.05, 0.1) is 30.5 Å². The summed E-state index contributed by atoms with van der Waals surface area (Å²) in [7, 11) is 0. The highest BCUT2D eigenvalue weighted by molar-refractivity contribution is 9.09. The van der Waals surface area contributed by atoms with Crippen LogP contribution in [0.25, 0.3) is 0 Å². The van der Waals surface area contributed by atoms with Crippen LogP contribution < -0.4 is 0 Å². The number of aromatic hydroxyl groups is 1. The third-order valence-electron chi connectivity index (χ3n) is 2.97. The lowest BCUT2D eigenvalue weighted by atomic mass is 10.1. The van der Waals surface area contributed by atoms with Gasteiger partial charge in [-0.25, -0.2) is 0 Å². The molecule has 1 aromatic rings. The Morgan fingerprint density at radius 1 is 1.72 bits per heavy atom. The molecule has 2 heterocycles. The molecule has 2 atom stereocenters. The average molecular weight is 315 g/mol. The summed E-state index contributed by atoms with van der Waals surface area (Å²) in [5, 5.41) is 10.4. The number of morpholine rings is 1. The fourth-order valence-corrected chi connectivity index (χ4v) is 2.31. The van der Waals surface area contributed by atoms with Gasteiger partial charge in [0.25, 0.3) is 5.91 Å². The van der Waals surface area contributed by atoms with Gasteiger partial charge in [-0.05, 0) is 13.0 Å². The lowest BCUT2D eigenvalue weighted by Gasteiger charge is -2.37. The highest BCUT2D eigenvalue weighted by atomic mass is 79.9. The molecule has 1 N–H and O–H groups in total. The molecule has 6 heteroatoms. The predicted molar refractivity (Wildman–Crippen MR) is 69.9 cm³/mol. The van der Waals surface area contributed by atoms with Crippen molar-refractivity contribution in [1.29, 1.82) is 0 Å². The molecule has 18 heavy (non-hydrogen) atoms. The van der Waals surface area contributed by atoms with E-state index in [1.54, 1.807) is 4.90 Å². The number of carbonyl (C=O) groups excluding carboxylic acids is 1. The Labute approximate surface area is 114 Å². The van der Waals surface area contributed by atoms with Crippen molar-refractivity contribution in [3.05, 3.63) is 24.0 Å².